The highest BCUT2D eigenvalue weighted by Crippen LogP contribution is 2.45. The Morgan fingerprint density at radius 2 is 0.520 bits per heavy atom. The van der Waals surface area contributed by atoms with Crippen LogP contribution >= 0.6 is 15.6 Å². The molecule has 3 N–H and O–H groups in total. The normalized spacial score (nSPS) is 14.5. The molecule has 0 radical (unpaired) electrons. The quantitative estimate of drug-likeness (QED) is 0.0169. The Labute approximate surface area is 619 Å². The molecule has 0 heterocycles. The maximum absolute atomic E-state index is 13.1. The van der Waals surface area contributed by atoms with E-state index in [4.69, 9.17) is 37.0 Å². The first-order valence-electron chi connectivity index (χ1n) is 40.1. The third-order valence-electron chi connectivity index (χ3n) is 16.7. The van der Waals surface area contributed by atoms with Crippen LogP contribution in [0, 0.1) is 0 Å². The third-order valence-corrected chi connectivity index (χ3v) is 18.6. The summed E-state index contributed by atoms with van der Waals surface area (Å²) in [5, 5.41) is 10.6. The molecule has 0 bridgehead atoms. The van der Waals surface area contributed by atoms with Gasteiger partial charge in [0, 0.05) is 25.7 Å². The second kappa shape index (κ2) is 75.0. The van der Waals surface area contributed by atoms with E-state index in [1.165, 1.54) is 51.4 Å². The van der Waals surface area contributed by atoms with E-state index in [0.29, 0.717) is 25.7 Å². The van der Waals surface area contributed by atoms with Gasteiger partial charge in [0.2, 0.25) is 0 Å². The van der Waals surface area contributed by atoms with Crippen LogP contribution in [-0.4, -0.2) is 96.7 Å². The molecule has 19 heteroatoms. The van der Waals surface area contributed by atoms with Crippen molar-refractivity contribution in [3.8, 4) is 0 Å². The van der Waals surface area contributed by atoms with E-state index in [0.717, 1.165) is 205 Å². The Morgan fingerprint density at radius 1 is 0.284 bits per heavy atom. The second-order valence-corrected chi connectivity index (χ2v) is 29.5. The number of rotatable bonds is 75. The van der Waals surface area contributed by atoms with Crippen molar-refractivity contribution in [3.63, 3.8) is 0 Å². The van der Waals surface area contributed by atoms with Gasteiger partial charge in [-0.3, -0.25) is 37.3 Å². The van der Waals surface area contributed by atoms with E-state index in [9.17, 15) is 43.2 Å². The molecule has 588 valence electrons. The summed E-state index contributed by atoms with van der Waals surface area (Å²) in [5.74, 6) is -2.21. The van der Waals surface area contributed by atoms with E-state index < -0.39 is 97.5 Å². The first-order chi connectivity index (χ1) is 49.7. The molecule has 0 amide bonds. The van der Waals surface area contributed by atoms with Crippen LogP contribution in [0.2, 0.25) is 0 Å². The lowest BCUT2D eigenvalue weighted by atomic mass is 10.1. The average molecular weight is 1480 g/mol. The van der Waals surface area contributed by atoms with E-state index in [1.807, 2.05) is 0 Å². The fourth-order valence-electron chi connectivity index (χ4n) is 10.6. The number of phosphoric acid groups is 2. The zero-order chi connectivity index (χ0) is 74.6. The molecular formula is C83H144O17P2. The van der Waals surface area contributed by atoms with Gasteiger partial charge in [-0.15, -0.1) is 0 Å². The highest BCUT2D eigenvalue weighted by molar-refractivity contribution is 7.47. The summed E-state index contributed by atoms with van der Waals surface area (Å²) in [6.45, 7) is 4.59. The summed E-state index contributed by atoms with van der Waals surface area (Å²) < 4.78 is 68.6. The van der Waals surface area contributed by atoms with E-state index in [1.54, 1.807) is 0 Å². The Kier molecular flexibility index (Phi) is 71.8. The highest BCUT2D eigenvalue weighted by atomic mass is 31.2. The molecule has 102 heavy (non-hydrogen) atoms. The number of allylic oxidation sites excluding steroid dienone is 18. The Balaban J connectivity index is 5.33. The van der Waals surface area contributed by atoms with Crippen molar-refractivity contribution in [3.05, 3.63) is 109 Å². The number of hydrogen-bond acceptors (Lipinski definition) is 15. The fraction of sp³-hybridized carbons (Fsp3) is 0.735. The van der Waals surface area contributed by atoms with E-state index >= 15 is 0 Å². The van der Waals surface area contributed by atoms with Crippen LogP contribution in [0.1, 0.15) is 336 Å². The van der Waals surface area contributed by atoms with E-state index in [2.05, 4.69) is 137 Å². The average Bonchev–Trinajstić information content (AvgIpc) is 0.939. The summed E-state index contributed by atoms with van der Waals surface area (Å²) >= 11 is 0. The molecule has 0 aliphatic heterocycles. The molecule has 5 atom stereocenters. The number of phosphoric ester groups is 2. The Bertz CT molecular complexity index is 2360. The van der Waals surface area contributed by atoms with Gasteiger partial charge in [0.15, 0.2) is 12.2 Å². The molecule has 0 spiro atoms. The smallest absolute Gasteiger partial charge is 0.462 e. The third kappa shape index (κ3) is 74.0. The molecular weight excluding hydrogens is 1330 g/mol. The first kappa shape index (κ1) is 97.7. The zero-order valence-electron chi connectivity index (χ0n) is 64.3. The molecule has 5 unspecified atom stereocenters. The minimum atomic E-state index is -4.98. The molecule has 17 nitrogen and oxygen atoms in total. The standard InChI is InChI=1S/C83H144O17P2/c1-5-9-13-17-21-25-29-32-35-37-38-40-43-45-49-52-56-60-64-68-81(86)94-74-79(100-83(88)70-66-62-58-54-50-46-41-34-31-27-23-19-15-11-7-3)76-98-102(91,92)96-72-77(84)71-95-101(89,90)97-75-78(99-82(87)69-65-61-57-53-47-28-24-20-16-12-8-4)73-93-80(85)67-63-59-55-51-48-44-42-39-36-33-30-26-22-18-14-10-6-2/h9-10,13-14,20-22,24-26,32-36,38,40-41,77-79,84H,5-8,11-12,15-19,23,27-31,37,39,42-76H2,1-4H3,(H,89,90)(H,91,92)/b13-9-,14-10-,24-20-,25-21-,26-22-,35-32-,36-33-,40-38-,41-34-. The molecule has 0 saturated heterocycles. The monoisotopic (exact) mass is 1470 g/mol. The maximum Gasteiger partial charge on any atom is 0.472 e. The molecule has 0 rings (SSSR count). The summed E-state index contributed by atoms with van der Waals surface area (Å²) in [6, 6.07) is 0. The topological polar surface area (TPSA) is 237 Å². The van der Waals surface area contributed by atoms with Crippen molar-refractivity contribution >= 4 is 39.5 Å². The zero-order valence-corrected chi connectivity index (χ0v) is 66.0. The fourth-order valence-corrected chi connectivity index (χ4v) is 12.2. The van der Waals surface area contributed by atoms with Crippen molar-refractivity contribution in [1.82, 2.24) is 0 Å². The van der Waals surface area contributed by atoms with Crippen LogP contribution in [0.3, 0.4) is 0 Å². The van der Waals surface area contributed by atoms with Gasteiger partial charge in [0.1, 0.15) is 19.3 Å². The predicted octanol–water partition coefficient (Wildman–Crippen LogP) is 23.3. The number of aliphatic hydroxyl groups is 1. The van der Waals surface area contributed by atoms with Gasteiger partial charge in [-0.05, 0) is 141 Å². The van der Waals surface area contributed by atoms with Crippen molar-refractivity contribution in [2.75, 3.05) is 39.6 Å². The van der Waals surface area contributed by atoms with Crippen LogP contribution in [0.15, 0.2) is 109 Å². The van der Waals surface area contributed by atoms with Crippen LogP contribution in [0.25, 0.3) is 0 Å². The van der Waals surface area contributed by atoms with Gasteiger partial charge in [0.05, 0.1) is 26.4 Å². The molecule has 0 aromatic heterocycles. The lowest BCUT2D eigenvalue weighted by molar-refractivity contribution is -0.161. The van der Waals surface area contributed by atoms with Crippen LogP contribution in [0.5, 0.6) is 0 Å². The summed E-state index contributed by atoms with van der Waals surface area (Å²) in [5.41, 5.74) is 0. The van der Waals surface area contributed by atoms with E-state index in [-0.39, 0.29) is 25.7 Å². The molecule has 0 aromatic carbocycles. The molecule has 0 aliphatic rings. The van der Waals surface area contributed by atoms with Gasteiger partial charge < -0.3 is 33.8 Å². The molecule has 0 saturated carbocycles. The Hall–Kier alpha value is -4.28. The number of carbonyl (C=O) groups is 4. The number of ether oxygens (including phenoxy) is 4. The van der Waals surface area contributed by atoms with Crippen LogP contribution in [0.4, 0.5) is 0 Å². The minimum absolute atomic E-state index is 0.0813. The van der Waals surface area contributed by atoms with Gasteiger partial charge in [-0.2, -0.15) is 0 Å². The summed E-state index contributed by atoms with van der Waals surface area (Å²) in [6.07, 6.45) is 80.7. The van der Waals surface area contributed by atoms with Gasteiger partial charge >= 0.3 is 39.5 Å². The van der Waals surface area contributed by atoms with Crippen LogP contribution in [-0.2, 0) is 65.4 Å². The predicted molar refractivity (Wildman–Crippen MR) is 418 cm³/mol. The summed E-state index contributed by atoms with van der Waals surface area (Å²) in [7, 11) is -9.96. The van der Waals surface area contributed by atoms with Gasteiger partial charge in [-0.25, -0.2) is 9.13 Å². The summed E-state index contributed by atoms with van der Waals surface area (Å²) in [4.78, 5) is 73.0. The lowest BCUT2D eigenvalue weighted by Crippen LogP contribution is -2.30. The van der Waals surface area contributed by atoms with Crippen molar-refractivity contribution < 1.29 is 80.2 Å². The number of unbranched alkanes of at least 4 members (excludes halogenated alkanes) is 31. The number of aliphatic hydroxyl groups excluding tert-OH is 1. The molecule has 0 aliphatic carbocycles. The Morgan fingerprint density at radius 3 is 0.824 bits per heavy atom. The molecule has 0 aromatic rings. The van der Waals surface area contributed by atoms with Crippen molar-refractivity contribution in [2.45, 2.75) is 354 Å². The SMILES string of the molecule is CC/C=C\C/C=C\C/C=C\C/C=C\CCCCCCCCC(=O)OCC(COP(=O)(O)OCC(O)COP(=O)(O)OCC(COC(=O)CCCCCCCCC/C=C\C/C=C\C/C=C\CC)OC(=O)CCCCCCC/C=C\CCCC)OC(=O)CCCCCCC/C=C\CCCCCCCC. The van der Waals surface area contributed by atoms with Crippen molar-refractivity contribution in [2.24, 2.45) is 0 Å². The van der Waals surface area contributed by atoms with Crippen LogP contribution < -0.4 is 0 Å². The highest BCUT2D eigenvalue weighted by Gasteiger charge is 2.30. The van der Waals surface area contributed by atoms with Gasteiger partial charge in [-0.1, -0.05) is 278 Å². The second-order valence-electron chi connectivity index (χ2n) is 26.6. The minimum Gasteiger partial charge on any atom is -0.462 e. The maximum atomic E-state index is 13.1. The number of hydrogen-bond donors (Lipinski definition) is 3. The van der Waals surface area contributed by atoms with Gasteiger partial charge in [0.25, 0.3) is 0 Å². The lowest BCUT2D eigenvalue weighted by Gasteiger charge is -2.21. The van der Waals surface area contributed by atoms with Crippen molar-refractivity contribution in [1.29, 1.82) is 0 Å². The number of esters is 4. The number of carbonyl (C=O) groups excluding carboxylic acids is 4. The first-order valence-corrected chi connectivity index (χ1v) is 43.1. The largest absolute Gasteiger partial charge is 0.472 e. The molecule has 0 fully saturated rings.